The van der Waals surface area contributed by atoms with E-state index >= 15 is 0 Å². The maximum atomic E-state index is 14.7. The van der Waals surface area contributed by atoms with Crippen molar-refractivity contribution < 1.29 is 17.8 Å². The summed E-state index contributed by atoms with van der Waals surface area (Å²) in [5.74, 6) is -1.15. The number of halogens is 2. The van der Waals surface area contributed by atoms with Crippen molar-refractivity contribution in [2.24, 2.45) is 7.05 Å². The smallest absolute Gasteiger partial charge is 0.216 e. The fourth-order valence-electron chi connectivity index (χ4n) is 3.57. The lowest BCUT2D eigenvalue weighted by molar-refractivity contribution is -0.660. The highest BCUT2D eigenvalue weighted by atomic mass is 19.1. The number of hydrogen-bond acceptors (Lipinski definition) is 1. The van der Waals surface area contributed by atoms with Gasteiger partial charge in [0.25, 0.3) is 0 Å². The first-order valence-electron chi connectivity index (χ1n) is 8.57. The van der Waals surface area contributed by atoms with Crippen LogP contribution in [0.15, 0.2) is 34.9 Å². The Balaban J connectivity index is 2.17. The molecule has 0 bridgehead atoms. The third-order valence-corrected chi connectivity index (χ3v) is 5.26. The lowest BCUT2D eigenvalue weighted by atomic mass is 9.98. The first kappa shape index (κ1) is 16.7. The molecule has 2 nitrogen and oxygen atoms in total. The summed E-state index contributed by atoms with van der Waals surface area (Å²) in [4.78, 5) is 0. The van der Waals surface area contributed by atoms with Crippen LogP contribution in [-0.4, -0.2) is 0 Å². The number of hydrogen-bond donors (Lipinski definition) is 0. The van der Waals surface area contributed by atoms with Crippen LogP contribution in [0.2, 0.25) is 0 Å². The number of rotatable bonds is 1. The molecular formula is C22H20F2NO+. The third-order valence-electron chi connectivity index (χ3n) is 5.26. The van der Waals surface area contributed by atoms with Gasteiger partial charge in [-0.1, -0.05) is 12.1 Å². The van der Waals surface area contributed by atoms with Crippen LogP contribution in [0.25, 0.3) is 33.2 Å². The maximum Gasteiger partial charge on any atom is 0.216 e. The lowest BCUT2D eigenvalue weighted by Gasteiger charge is -2.07. The van der Waals surface area contributed by atoms with E-state index in [0.29, 0.717) is 16.4 Å². The van der Waals surface area contributed by atoms with Crippen LogP contribution in [0, 0.1) is 39.3 Å². The Hall–Kier alpha value is -2.75. The van der Waals surface area contributed by atoms with Gasteiger partial charge >= 0.3 is 0 Å². The second kappa shape index (κ2) is 5.63. The van der Waals surface area contributed by atoms with Crippen molar-refractivity contribution >= 4 is 21.9 Å². The largest absolute Gasteiger partial charge is 0.455 e. The van der Waals surface area contributed by atoms with Crippen molar-refractivity contribution in [3.8, 4) is 11.3 Å². The SMILES string of the molecule is Cc1cc(-c2c(C)ccc3c2oc2cc(F)c(C)c(F)c23)[n+](C)cc1C. The molecule has 0 aliphatic rings. The highest BCUT2D eigenvalue weighted by molar-refractivity contribution is 6.10. The second-order valence-corrected chi connectivity index (χ2v) is 7.04. The van der Waals surface area contributed by atoms with Gasteiger partial charge in [-0.05, 0) is 38.8 Å². The summed E-state index contributed by atoms with van der Waals surface area (Å²) < 4.78 is 36.8. The molecule has 0 aliphatic carbocycles. The molecule has 4 aromatic rings. The van der Waals surface area contributed by atoms with Gasteiger partial charge < -0.3 is 4.42 Å². The Kier molecular flexibility index (Phi) is 3.62. The predicted octanol–water partition coefficient (Wildman–Crippen LogP) is 5.59. The van der Waals surface area contributed by atoms with Gasteiger partial charge in [0.05, 0.1) is 10.9 Å². The quantitative estimate of drug-likeness (QED) is 0.408. The van der Waals surface area contributed by atoms with Crippen LogP contribution in [0.3, 0.4) is 0 Å². The van der Waals surface area contributed by atoms with Gasteiger partial charge in [0.2, 0.25) is 5.69 Å². The standard InChI is InChI=1S/C22H20F2NO/c1-11-6-7-15-20-18(9-16(23)14(4)21(20)24)26-22(15)19(11)17-8-12(2)13(3)10-25(17)5/h6-10H,1-5H3/q+1. The number of benzene rings is 2. The summed E-state index contributed by atoms with van der Waals surface area (Å²) in [5, 5.41) is 1.01. The molecule has 0 unspecified atom stereocenters. The van der Waals surface area contributed by atoms with Gasteiger partial charge in [-0.25, -0.2) is 13.3 Å². The van der Waals surface area contributed by atoms with Gasteiger partial charge in [0.1, 0.15) is 29.8 Å². The van der Waals surface area contributed by atoms with Crippen LogP contribution < -0.4 is 4.57 Å². The molecule has 26 heavy (non-hydrogen) atoms. The van der Waals surface area contributed by atoms with Gasteiger partial charge in [0, 0.05) is 28.6 Å². The lowest BCUT2D eigenvalue weighted by Crippen LogP contribution is -2.31. The van der Waals surface area contributed by atoms with Crippen molar-refractivity contribution in [2.45, 2.75) is 27.7 Å². The van der Waals surface area contributed by atoms with E-state index in [0.717, 1.165) is 16.8 Å². The Morgan fingerprint density at radius 2 is 1.65 bits per heavy atom. The van der Waals surface area contributed by atoms with E-state index in [9.17, 15) is 8.78 Å². The second-order valence-electron chi connectivity index (χ2n) is 7.04. The van der Waals surface area contributed by atoms with E-state index in [-0.39, 0.29) is 11.1 Å². The van der Waals surface area contributed by atoms with Gasteiger partial charge in [0.15, 0.2) is 6.20 Å². The van der Waals surface area contributed by atoms with Crippen LogP contribution >= 0.6 is 0 Å². The fraction of sp³-hybridized carbons (Fsp3) is 0.227. The number of aromatic nitrogens is 1. The van der Waals surface area contributed by atoms with E-state index in [1.807, 2.05) is 30.7 Å². The van der Waals surface area contributed by atoms with Crippen LogP contribution in [-0.2, 0) is 7.05 Å². The summed E-state index contributed by atoms with van der Waals surface area (Å²) in [6.07, 6.45) is 2.07. The number of furan rings is 1. The maximum absolute atomic E-state index is 14.7. The van der Waals surface area contributed by atoms with Gasteiger partial charge in [-0.2, -0.15) is 0 Å². The summed E-state index contributed by atoms with van der Waals surface area (Å²) >= 11 is 0. The molecular weight excluding hydrogens is 332 g/mol. The monoisotopic (exact) mass is 352 g/mol. The Morgan fingerprint density at radius 3 is 2.38 bits per heavy atom. The molecule has 2 heterocycles. The first-order chi connectivity index (χ1) is 12.3. The minimum atomic E-state index is -0.593. The van der Waals surface area contributed by atoms with Gasteiger partial charge in [-0.3, -0.25) is 0 Å². The molecule has 2 aromatic heterocycles. The Morgan fingerprint density at radius 1 is 0.923 bits per heavy atom. The number of pyridine rings is 1. The molecule has 0 saturated carbocycles. The normalized spacial score (nSPS) is 11.7. The minimum absolute atomic E-state index is 0.0130. The summed E-state index contributed by atoms with van der Waals surface area (Å²) in [6.45, 7) is 7.57. The molecule has 0 aliphatic heterocycles. The predicted molar refractivity (Wildman–Crippen MR) is 99.2 cm³/mol. The van der Waals surface area contributed by atoms with Crippen molar-refractivity contribution in [3.63, 3.8) is 0 Å². The number of nitrogens with zero attached hydrogens (tertiary/aromatic N) is 1. The van der Waals surface area contributed by atoms with Crippen LogP contribution in [0.4, 0.5) is 8.78 Å². The minimum Gasteiger partial charge on any atom is -0.455 e. The van der Waals surface area contributed by atoms with Crippen molar-refractivity contribution in [1.29, 1.82) is 0 Å². The molecule has 0 atom stereocenters. The van der Waals surface area contributed by atoms with Crippen LogP contribution in [0.5, 0.6) is 0 Å². The first-order valence-corrected chi connectivity index (χ1v) is 8.57. The zero-order valence-electron chi connectivity index (χ0n) is 15.5. The summed E-state index contributed by atoms with van der Waals surface area (Å²) in [7, 11) is 1.98. The summed E-state index contributed by atoms with van der Waals surface area (Å²) in [5.41, 5.74) is 6.09. The van der Waals surface area contributed by atoms with E-state index in [4.69, 9.17) is 4.42 Å². The molecule has 132 valence electrons. The fourth-order valence-corrected chi connectivity index (χ4v) is 3.57. The highest BCUT2D eigenvalue weighted by Gasteiger charge is 2.24. The molecule has 0 radical (unpaired) electrons. The topological polar surface area (TPSA) is 17.0 Å². The number of aryl methyl sites for hydroxylation is 4. The highest BCUT2D eigenvalue weighted by Crippen LogP contribution is 2.39. The zero-order chi connectivity index (χ0) is 18.7. The van der Waals surface area contributed by atoms with E-state index < -0.39 is 11.6 Å². The molecule has 0 saturated heterocycles. The molecule has 0 N–H and O–H groups in total. The van der Waals surface area contributed by atoms with E-state index in [1.54, 1.807) is 0 Å². The number of fused-ring (bicyclic) bond motifs is 3. The molecule has 2 aromatic carbocycles. The van der Waals surface area contributed by atoms with E-state index in [1.165, 1.54) is 24.1 Å². The molecule has 4 heteroatoms. The molecule has 0 amide bonds. The zero-order valence-corrected chi connectivity index (χ0v) is 15.5. The van der Waals surface area contributed by atoms with E-state index in [2.05, 4.69) is 26.1 Å². The molecule has 0 spiro atoms. The molecule has 4 rings (SSSR count). The third kappa shape index (κ3) is 2.25. The van der Waals surface area contributed by atoms with Crippen molar-refractivity contribution in [2.75, 3.05) is 0 Å². The van der Waals surface area contributed by atoms with Crippen molar-refractivity contribution in [3.05, 3.63) is 64.4 Å². The average molecular weight is 352 g/mol. The Labute approximate surface area is 150 Å². The van der Waals surface area contributed by atoms with Crippen LogP contribution in [0.1, 0.15) is 22.3 Å². The van der Waals surface area contributed by atoms with Crippen molar-refractivity contribution in [1.82, 2.24) is 0 Å². The molecule has 0 fully saturated rings. The summed E-state index contributed by atoms with van der Waals surface area (Å²) in [6, 6.07) is 7.18. The average Bonchev–Trinajstić information content (AvgIpc) is 2.94. The Bertz CT molecular complexity index is 1200. The van der Waals surface area contributed by atoms with Gasteiger partial charge in [-0.15, -0.1) is 0 Å².